The first-order valence-electron chi connectivity index (χ1n) is 7.79. The van der Waals surface area contributed by atoms with E-state index in [1.54, 1.807) is 12.1 Å². The summed E-state index contributed by atoms with van der Waals surface area (Å²) in [5.74, 6) is 0.538. The van der Waals surface area contributed by atoms with Crippen LogP contribution < -0.4 is 0 Å². The number of carbonyl (C=O) groups excluding carboxylic acids is 1. The fourth-order valence-corrected chi connectivity index (χ4v) is 3.13. The minimum atomic E-state index is -0.0657. The molecule has 3 heteroatoms. The molecule has 22 heavy (non-hydrogen) atoms. The Labute approximate surface area is 131 Å². The van der Waals surface area contributed by atoms with Crippen molar-refractivity contribution >= 4 is 5.91 Å². The van der Waals surface area contributed by atoms with E-state index in [-0.39, 0.29) is 11.7 Å². The van der Waals surface area contributed by atoms with E-state index >= 15 is 0 Å². The zero-order valence-electron chi connectivity index (χ0n) is 12.8. The summed E-state index contributed by atoms with van der Waals surface area (Å²) in [6.07, 6.45) is 1.95. The van der Waals surface area contributed by atoms with Crippen LogP contribution in [-0.4, -0.2) is 29.0 Å². The third-order valence-electron chi connectivity index (χ3n) is 4.44. The zero-order valence-corrected chi connectivity index (χ0v) is 12.8. The molecule has 0 unspecified atom stereocenters. The first-order valence-corrected chi connectivity index (χ1v) is 7.79. The maximum atomic E-state index is 12.5. The summed E-state index contributed by atoms with van der Waals surface area (Å²) in [4.78, 5) is 14.4. The summed E-state index contributed by atoms with van der Waals surface area (Å²) >= 11 is 0. The number of nitrogens with zero attached hydrogens (tertiary/aromatic N) is 1. The number of hydrogen-bond donors (Lipinski definition) is 1. The van der Waals surface area contributed by atoms with Gasteiger partial charge in [0, 0.05) is 13.1 Å². The van der Waals surface area contributed by atoms with Gasteiger partial charge in [-0.25, -0.2) is 0 Å². The van der Waals surface area contributed by atoms with Crippen LogP contribution in [0.1, 0.15) is 40.2 Å². The molecule has 2 aromatic carbocycles. The van der Waals surface area contributed by atoms with Crippen LogP contribution in [0.4, 0.5) is 0 Å². The Morgan fingerprint density at radius 2 is 1.77 bits per heavy atom. The van der Waals surface area contributed by atoms with Gasteiger partial charge in [0.05, 0.1) is 5.56 Å². The van der Waals surface area contributed by atoms with Gasteiger partial charge in [0.15, 0.2) is 0 Å². The first kappa shape index (κ1) is 14.6. The number of phenols is 1. The van der Waals surface area contributed by atoms with Crippen LogP contribution >= 0.6 is 0 Å². The lowest BCUT2D eigenvalue weighted by atomic mass is 9.89. The van der Waals surface area contributed by atoms with Crippen LogP contribution in [0.3, 0.4) is 0 Å². The van der Waals surface area contributed by atoms with Crippen LogP contribution in [0, 0.1) is 6.92 Å². The van der Waals surface area contributed by atoms with Crippen molar-refractivity contribution in [3.63, 3.8) is 0 Å². The third-order valence-corrected chi connectivity index (χ3v) is 4.44. The Morgan fingerprint density at radius 3 is 2.41 bits per heavy atom. The van der Waals surface area contributed by atoms with Gasteiger partial charge in [-0.15, -0.1) is 0 Å². The number of carbonyl (C=O) groups is 1. The molecule has 114 valence electrons. The molecule has 0 aliphatic carbocycles. The van der Waals surface area contributed by atoms with Crippen molar-refractivity contribution < 1.29 is 9.90 Å². The van der Waals surface area contributed by atoms with Gasteiger partial charge < -0.3 is 10.0 Å². The first-order chi connectivity index (χ1) is 10.6. The highest BCUT2D eigenvalue weighted by molar-refractivity contribution is 5.97. The monoisotopic (exact) mass is 295 g/mol. The van der Waals surface area contributed by atoms with E-state index in [9.17, 15) is 9.90 Å². The molecule has 1 aliphatic heterocycles. The van der Waals surface area contributed by atoms with Gasteiger partial charge in [0.25, 0.3) is 5.91 Å². The van der Waals surface area contributed by atoms with Crippen LogP contribution in [0.15, 0.2) is 48.5 Å². The number of rotatable bonds is 2. The fourth-order valence-electron chi connectivity index (χ4n) is 3.13. The fraction of sp³-hybridized carbons (Fsp3) is 0.316. The second-order valence-corrected chi connectivity index (χ2v) is 6.00. The van der Waals surface area contributed by atoms with Gasteiger partial charge in [0.2, 0.25) is 0 Å². The van der Waals surface area contributed by atoms with E-state index in [0.29, 0.717) is 11.5 Å². The number of amides is 1. The Morgan fingerprint density at radius 1 is 1.09 bits per heavy atom. The number of aromatic hydroxyl groups is 1. The molecular formula is C19H21NO2. The summed E-state index contributed by atoms with van der Waals surface area (Å²) in [5.41, 5.74) is 2.72. The van der Waals surface area contributed by atoms with Crippen LogP contribution in [0.5, 0.6) is 5.75 Å². The Hall–Kier alpha value is -2.29. The molecule has 1 N–H and O–H groups in total. The van der Waals surface area contributed by atoms with Gasteiger partial charge in [-0.3, -0.25) is 4.79 Å². The van der Waals surface area contributed by atoms with Gasteiger partial charge in [-0.1, -0.05) is 36.4 Å². The van der Waals surface area contributed by atoms with Gasteiger partial charge in [-0.05, 0) is 48.9 Å². The highest BCUT2D eigenvalue weighted by Gasteiger charge is 2.25. The van der Waals surface area contributed by atoms with Crippen LogP contribution in [-0.2, 0) is 0 Å². The van der Waals surface area contributed by atoms with Gasteiger partial charge in [0.1, 0.15) is 5.75 Å². The van der Waals surface area contributed by atoms with Gasteiger partial charge >= 0.3 is 0 Å². The average Bonchev–Trinajstić information content (AvgIpc) is 2.55. The molecule has 3 rings (SSSR count). The number of likely N-dealkylation sites (tertiary alicyclic amines) is 1. The van der Waals surface area contributed by atoms with E-state index in [1.165, 1.54) is 5.56 Å². The predicted octanol–water partition coefficient (Wildman–Crippen LogP) is 3.72. The van der Waals surface area contributed by atoms with Crippen molar-refractivity contribution in [1.82, 2.24) is 4.90 Å². The van der Waals surface area contributed by atoms with Crippen molar-refractivity contribution in [2.45, 2.75) is 25.7 Å². The number of benzene rings is 2. The summed E-state index contributed by atoms with van der Waals surface area (Å²) < 4.78 is 0. The molecular weight excluding hydrogens is 274 g/mol. The molecule has 1 aliphatic rings. The van der Waals surface area contributed by atoms with E-state index in [1.807, 2.05) is 24.0 Å². The third kappa shape index (κ3) is 2.98. The molecule has 0 spiro atoms. The number of hydrogen-bond acceptors (Lipinski definition) is 2. The lowest BCUT2D eigenvalue weighted by Gasteiger charge is -2.32. The largest absolute Gasteiger partial charge is 0.507 e. The maximum Gasteiger partial charge on any atom is 0.257 e. The highest BCUT2D eigenvalue weighted by atomic mass is 16.3. The smallest absolute Gasteiger partial charge is 0.257 e. The quantitative estimate of drug-likeness (QED) is 0.917. The molecule has 1 amide bonds. The standard InChI is InChI=1S/C19H21NO2/c1-14-7-8-17(18(21)13-14)19(22)20-11-9-16(10-12-20)15-5-3-2-4-6-15/h2-8,13,16,21H,9-12H2,1H3. The SMILES string of the molecule is Cc1ccc(C(=O)N2CCC(c3ccccc3)CC2)c(O)c1. The maximum absolute atomic E-state index is 12.5. The second kappa shape index (κ2) is 6.22. The topological polar surface area (TPSA) is 40.5 Å². The van der Waals surface area contributed by atoms with Crippen LogP contribution in [0.2, 0.25) is 0 Å². The predicted molar refractivity (Wildman–Crippen MR) is 87.2 cm³/mol. The minimum Gasteiger partial charge on any atom is -0.507 e. The molecule has 1 heterocycles. The molecule has 3 nitrogen and oxygen atoms in total. The lowest BCUT2D eigenvalue weighted by Crippen LogP contribution is -2.37. The number of phenolic OH excluding ortho intramolecular Hbond substituents is 1. The minimum absolute atomic E-state index is 0.0657. The molecule has 1 fully saturated rings. The van der Waals surface area contributed by atoms with Crippen molar-refractivity contribution in [3.05, 3.63) is 65.2 Å². The summed E-state index contributed by atoms with van der Waals surface area (Å²) in [5, 5.41) is 9.97. The highest BCUT2D eigenvalue weighted by Crippen LogP contribution is 2.29. The summed E-state index contributed by atoms with van der Waals surface area (Å²) in [7, 11) is 0. The zero-order chi connectivity index (χ0) is 15.5. The van der Waals surface area contributed by atoms with E-state index < -0.39 is 0 Å². The van der Waals surface area contributed by atoms with Crippen molar-refractivity contribution in [3.8, 4) is 5.75 Å². The number of aryl methyl sites for hydroxylation is 1. The average molecular weight is 295 g/mol. The van der Waals surface area contributed by atoms with Crippen molar-refractivity contribution in [2.75, 3.05) is 13.1 Å². The second-order valence-electron chi connectivity index (χ2n) is 6.00. The van der Waals surface area contributed by atoms with E-state index in [4.69, 9.17) is 0 Å². The molecule has 2 aromatic rings. The normalized spacial score (nSPS) is 15.8. The van der Waals surface area contributed by atoms with E-state index in [2.05, 4.69) is 24.3 Å². The van der Waals surface area contributed by atoms with E-state index in [0.717, 1.165) is 31.5 Å². The molecule has 0 aromatic heterocycles. The van der Waals surface area contributed by atoms with Gasteiger partial charge in [-0.2, -0.15) is 0 Å². The van der Waals surface area contributed by atoms with Crippen LogP contribution in [0.25, 0.3) is 0 Å². The molecule has 0 saturated carbocycles. The lowest BCUT2D eigenvalue weighted by molar-refractivity contribution is 0.0710. The molecule has 0 atom stereocenters. The van der Waals surface area contributed by atoms with Crippen molar-refractivity contribution in [1.29, 1.82) is 0 Å². The molecule has 1 saturated heterocycles. The Bertz CT molecular complexity index is 658. The van der Waals surface area contributed by atoms with Crippen molar-refractivity contribution in [2.24, 2.45) is 0 Å². The number of piperidine rings is 1. The molecule has 0 bridgehead atoms. The summed E-state index contributed by atoms with van der Waals surface area (Å²) in [6.45, 7) is 3.39. The Balaban J connectivity index is 1.67. The molecule has 0 radical (unpaired) electrons. The summed E-state index contributed by atoms with van der Waals surface area (Å²) in [6, 6.07) is 15.7. The Kier molecular flexibility index (Phi) is 4.14.